The minimum atomic E-state index is 0.0710. The Kier molecular flexibility index (Phi) is 4.72. The molecule has 0 saturated carbocycles. The topological polar surface area (TPSA) is 83.2 Å². The van der Waals surface area contributed by atoms with Gasteiger partial charge in [-0.05, 0) is 47.2 Å². The Hall–Kier alpha value is -1.64. The van der Waals surface area contributed by atoms with Gasteiger partial charge in [-0.25, -0.2) is 0 Å². The van der Waals surface area contributed by atoms with E-state index in [-0.39, 0.29) is 18.0 Å². The molecule has 0 radical (unpaired) electrons. The molecule has 0 aliphatic heterocycles. The van der Waals surface area contributed by atoms with E-state index >= 15 is 0 Å². The lowest BCUT2D eigenvalue weighted by molar-refractivity contribution is 0.285. The SMILES string of the molecule is CCCOc1nc(N)nc(Oc2cccc(I)c2)n1. The molecule has 6 nitrogen and oxygen atoms in total. The monoisotopic (exact) mass is 372 g/mol. The highest BCUT2D eigenvalue weighted by atomic mass is 127. The van der Waals surface area contributed by atoms with E-state index in [9.17, 15) is 0 Å². The van der Waals surface area contributed by atoms with Gasteiger partial charge in [0.25, 0.3) is 0 Å². The van der Waals surface area contributed by atoms with Crippen LogP contribution in [-0.2, 0) is 0 Å². The number of anilines is 1. The molecule has 0 bridgehead atoms. The molecule has 7 heteroatoms. The number of nitrogen functional groups attached to an aromatic ring is 1. The maximum Gasteiger partial charge on any atom is 0.330 e. The standard InChI is InChI=1S/C12H13IN4O2/c1-2-6-18-11-15-10(14)16-12(17-11)19-9-5-3-4-8(13)7-9/h3-5,7H,2,6H2,1H3,(H2,14,15,16,17). The van der Waals surface area contributed by atoms with Crippen LogP contribution in [0, 0.1) is 3.57 Å². The number of rotatable bonds is 5. The number of halogens is 1. The van der Waals surface area contributed by atoms with Crippen LogP contribution in [0.5, 0.6) is 17.8 Å². The van der Waals surface area contributed by atoms with E-state index in [0.29, 0.717) is 12.4 Å². The van der Waals surface area contributed by atoms with Crippen molar-refractivity contribution in [3.05, 3.63) is 27.8 Å². The molecular formula is C12H13IN4O2. The average molecular weight is 372 g/mol. The van der Waals surface area contributed by atoms with Crippen molar-refractivity contribution in [3.8, 4) is 17.8 Å². The van der Waals surface area contributed by atoms with E-state index in [2.05, 4.69) is 37.5 Å². The fourth-order valence-electron chi connectivity index (χ4n) is 1.29. The lowest BCUT2D eigenvalue weighted by atomic mass is 10.3. The smallest absolute Gasteiger partial charge is 0.330 e. The van der Waals surface area contributed by atoms with Crippen LogP contribution in [0.1, 0.15) is 13.3 Å². The third kappa shape index (κ3) is 4.19. The van der Waals surface area contributed by atoms with Crippen LogP contribution in [0.3, 0.4) is 0 Å². The van der Waals surface area contributed by atoms with Gasteiger partial charge in [0, 0.05) is 3.57 Å². The van der Waals surface area contributed by atoms with Crippen molar-refractivity contribution in [2.75, 3.05) is 12.3 Å². The molecule has 0 unspecified atom stereocenters. The van der Waals surface area contributed by atoms with Crippen molar-refractivity contribution in [2.24, 2.45) is 0 Å². The van der Waals surface area contributed by atoms with Gasteiger partial charge in [-0.15, -0.1) is 4.98 Å². The predicted octanol–water partition coefficient (Wildman–Crippen LogP) is 2.64. The van der Waals surface area contributed by atoms with Gasteiger partial charge in [0.15, 0.2) is 0 Å². The highest BCUT2D eigenvalue weighted by Gasteiger charge is 2.07. The second kappa shape index (κ2) is 6.50. The van der Waals surface area contributed by atoms with Gasteiger partial charge in [-0.1, -0.05) is 13.0 Å². The highest BCUT2D eigenvalue weighted by molar-refractivity contribution is 14.1. The second-order valence-corrected chi connectivity index (χ2v) is 4.91. The molecule has 1 aromatic carbocycles. The first-order chi connectivity index (χ1) is 9.17. The number of hydrogen-bond acceptors (Lipinski definition) is 6. The zero-order valence-electron chi connectivity index (χ0n) is 10.3. The minimum absolute atomic E-state index is 0.0710. The van der Waals surface area contributed by atoms with E-state index in [1.807, 2.05) is 31.2 Å². The largest absolute Gasteiger partial charge is 0.463 e. The fourth-order valence-corrected chi connectivity index (χ4v) is 1.81. The summed E-state index contributed by atoms with van der Waals surface area (Å²) >= 11 is 2.20. The molecule has 2 N–H and O–H groups in total. The first-order valence-corrected chi connectivity index (χ1v) is 6.83. The molecule has 0 saturated heterocycles. The molecule has 1 aromatic heterocycles. The predicted molar refractivity (Wildman–Crippen MR) is 79.3 cm³/mol. The third-order valence-electron chi connectivity index (χ3n) is 2.05. The molecule has 2 rings (SSSR count). The van der Waals surface area contributed by atoms with Crippen LogP contribution >= 0.6 is 22.6 Å². The van der Waals surface area contributed by atoms with Crippen LogP contribution < -0.4 is 15.2 Å². The maximum absolute atomic E-state index is 5.59. The molecule has 1 heterocycles. The first kappa shape index (κ1) is 13.8. The summed E-state index contributed by atoms with van der Waals surface area (Å²) in [6, 6.07) is 7.83. The summed E-state index contributed by atoms with van der Waals surface area (Å²) in [5.74, 6) is 0.709. The van der Waals surface area contributed by atoms with Gasteiger partial charge >= 0.3 is 12.0 Å². The molecule has 0 amide bonds. The molecule has 0 spiro atoms. The summed E-state index contributed by atoms with van der Waals surface area (Å²) in [6.45, 7) is 2.51. The molecule has 0 aliphatic carbocycles. The van der Waals surface area contributed by atoms with Crippen LogP contribution in [-0.4, -0.2) is 21.6 Å². The lowest BCUT2D eigenvalue weighted by Gasteiger charge is -2.07. The van der Waals surface area contributed by atoms with Gasteiger partial charge in [0.05, 0.1) is 6.61 Å². The Morgan fingerprint density at radius 3 is 2.74 bits per heavy atom. The quantitative estimate of drug-likeness (QED) is 0.813. The lowest BCUT2D eigenvalue weighted by Crippen LogP contribution is -2.05. The third-order valence-corrected chi connectivity index (χ3v) is 2.72. The van der Waals surface area contributed by atoms with E-state index in [1.54, 1.807) is 0 Å². The summed E-state index contributed by atoms with van der Waals surface area (Å²) in [7, 11) is 0. The van der Waals surface area contributed by atoms with Crippen molar-refractivity contribution >= 4 is 28.5 Å². The summed E-state index contributed by atoms with van der Waals surface area (Å²) in [6.07, 6.45) is 0.860. The van der Waals surface area contributed by atoms with Crippen LogP contribution in [0.2, 0.25) is 0 Å². The first-order valence-electron chi connectivity index (χ1n) is 5.75. The van der Waals surface area contributed by atoms with E-state index in [4.69, 9.17) is 15.2 Å². The molecule has 0 aliphatic rings. The molecule has 0 atom stereocenters. The zero-order chi connectivity index (χ0) is 13.7. The summed E-state index contributed by atoms with van der Waals surface area (Å²) < 4.78 is 11.9. The van der Waals surface area contributed by atoms with Gasteiger partial charge in [0.1, 0.15) is 5.75 Å². The number of nitrogens with two attached hydrogens (primary N) is 1. The Morgan fingerprint density at radius 2 is 2.00 bits per heavy atom. The van der Waals surface area contributed by atoms with Crippen LogP contribution in [0.25, 0.3) is 0 Å². The van der Waals surface area contributed by atoms with Crippen molar-refractivity contribution in [2.45, 2.75) is 13.3 Å². The maximum atomic E-state index is 5.59. The van der Waals surface area contributed by atoms with Crippen molar-refractivity contribution < 1.29 is 9.47 Å². The Bertz CT molecular complexity index is 565. The summed E-state index contributed by atoms with van der Waals surface area (Å²) in [5.41, 5.74) is 5.59. The number of aromatic nitrogens is 3. The molecule has 19 heavy (non-hydrogen) atoms. The van der Waals surface area contributed by atoms with Crippen molar-refractivity contribution in [1.29, 1.82) is 0 Å². The summed E-state index contributed by atoms with van der Waals surface area (Å²) in [5, 5.41) is 0. The Morgan fingerprint density at radius 1 is 1.21 bits per heavy atom. The summed E-state index contributed by atoms with van der Waals surface area (Å²) in [4.78, 5) is 11.8. The normalized spacial score (nSPS) is 10.2. The minimum Gasteiger partial charge on any atom is -0.463 e. The molecule has 2 aromatic rings. The zero-order valence-corrected chi connectivity index (χ0v) is 12.5. The number of ether oxygens (including phenoxy) is 2. The van der Waals surface area contributed by atoms with Crippen LogP contribution in [0.15, 0.2) is 24.3 Å². The van der Waals surface area contributed by atoms with E-state index in [1.165, 1.54) is 0 Å². The highest BCUT2D eigenvalue weighted by Crippen LogP contribution is 2.21. The van der Waals surface area contributed by atoms with Gasteiger partial charge in [-0.2, -0.15) is 9.97 Å². The fraction of sp³-hybridized carbons (Fsp3) is 0.250. The van der Waals surface area contributed by atoms with Crippen molar-refractivity contribution in [3.63, 3.8) is 0 Å². The number of nitrogens with zero attached hydrogens (tertiary/aromatic N) is 3. The number of benzene rings is 1. The average Bonchev–Trinajstić information content (AvgIpc) is 2.35. The van der Waals surface area contributed by atoms with E-state index in [0.717, 1.165) is 9.99 Å². The van der Waals surface area contributed by atoms with Gasteiger partial charge < -0.3 is 15.2 Å². The number of hydrogen-bond donors (Lipinski definition) is 1. The Labute approximate surface area is 124 Å². The van der Waals surface area contributed by atoms with Crippen LogP contribution in [0.4, 0.5) is 5.95 Å². The second-order valence-electron chi connectivity index (χ2n) is 3.67. The van der Waals surface area contributed by atoms with Gasteiger partial charge in [0.2, 0.25) is 5.95 Å². The Balaban J connectivity index is 2.17. The van der Waals surface area contributed by atoms with Gasteiger partial charge in [-0.3, -0.25) is 0 Å². The van der Waals surface area contributed by atoms with Crippen molar-refractivity contribution in [1.82, 2.24) is 15.0 Å². The molecular weight excluding hydrogens is 359 g/mol. The van der Waals surface area contributed by atoms with E-state index < -0.39 is 0 Å². The molecule has 0 fully saturated rings. The molecule has 100 valence electrons.